The summed E-state index contributed by atoms with van der Waals surface area (Å²) in [6.07, 6.45) is -5.42. The molecule has 2 aromatic rings. The number of benzene rings is 1. The summed E-state index contributed by atoms with van der Waals surface area (Å²) in [5, 5.41) is 8.45. The molecule has 0 atom stereocenters. The minimum Gasteiger partial charge on any atom is -0.444 e. The molecule has 1 heterocycles. The minimum absolute atomic E-state index is 0.0372. The zero-order valence-corrected chi connectivity index (χ0v) is 17.5. The standard InChI is InChI=1S/C19H21ClF3N3O4/c1-10-12(16(20)30-26-10)6-8-15(27)24-14-9-11(19(21,22)23)5-7-13(14)25-17(28)29-18(2,3)4/h5,7,9H,6,8H2,1-4H3,(H,24,27)(H,25,28). The van der Waals surface area contributed by atoms with Gasteiger partial charge in [-0.25, -0.2) is 4.79 Å². The average Bonchev–Trinajstić information content (AvgIpc) is 2.90. The number of aromatic nitrogens is 1. The first-order valence-corrected chi connectivity index (χ1v) is 9.26. The molecule has 0 aliphatic heterocycles. The normalized spacial score (nSPS) is 11.9. The molecule has 0 unspecified atom stereocenters. The molecule has 0 aliphatic rings. The van der Waals surface area contributed by atoms with Crippen molar-refractivity contribution in [1.82, 2.24) is 5.16 Å². The maximum atomic E-state index is 13.1. The number of anilines is 2. The molecule has 164 valence electrons. The van der Waals surface area contributed by atoms with Crippen molar-refractivity contribution in [1.29, 1.82) is 0 Å². The van der Waals surface area contributed by atoms with E-state index in [0.717, 1.165) is 18.2 Å². The van der Waals surface area contributed by atoms with Crippen LogP contribution < -0.4 is 10.6 Å². The summed E-state index contributed by atoms with van der Waals surface area (Å²) in [6.45, 7) is 6.57. The molecule has 0 spiro atoms. The van der Waals surface area contributed by atoms with Crippen LogP contribution in [0, 0.1) is 6.92 Å². The second-order valence-electron chi connectivity index (χ2n) is 7.45. The topological polar surface area (TPSA) is 93.5 Å². The van der Waals surface area contributed by atoms with E-state index in [1.165, 1.54) is 0 Å². The Morgan fingerprint density at radius 1 is 1.17 bits per heavy atom. The van der Waals surface area contributed by atoms with E-state index in [0.29, 0.717) is 11.3 Å². The van der Waals surface area contributed by atoms with Crippen LogP contribution in [0.1, 0.15) is 44.0 Å². The fourth-order valence-corrected chi connectivity index (χ4v) is 2.70. The Morgan fingerprint density at radius 3 is 2.37 bits per heavy atom. The molecular weight excluding hydrogens is 427 g/mol. The van der Waals surface area contributed by atoms with E-state index in [1.54, 1.807) is 27.7 Å². The van der Waals surface area contributed by atoms with Crippen LogP contribution in [-0.4, -0.2) is 22.8 Å². The van der Waals surface area contributed by atoms with Gasteiger partial charge >= 0.3 is 12.3 Å². The first-order valence-electron chi connectivity index (χ1n) is 8.88. The highest BCUT2D eigenvalue weighted by atomic mass is 35.5. The maximum absolute atomic E-state index is 13.1. The van der Waals surface area contributed by atoms with Crippen LogP contribution in [0.5, 0.6) is 0 Å². The fourth-order valence-electron chi connectivity index (χ4n) is 2.44. The molecule has 0 saturated carbocycles. The monoisotopic (exact) mass is 447 g/mol. The van der Waals surface area contributed by atoms with E-state index >= 15 is 0 Å². The molecule has 0 radical (unpaired) electrons. The SMILES string of the molecule is Cc1noc(Cl)c1CCC(=O)Nc1cc(C(F)(F)F)ccc1NC(=O)OC(C)(C)C. The molecule has 7 nitrogen and oxygen atoms in total. The summed E-state index contributed by atoms with van der Waals surface area (Å²) in [6, 6.07) is 2.58. The quantitative estimate of drug-likeness (QED) is 0.624. The molecule has 2 N–H and O–H groups in total. The predicted molar refractivity (Wildman–Crippen MR) is 105 cm³/mol. The second-order valence-corrected chi connectivity index (χ2v) is 7.80. The molecule has 0 saturated heterocycles. The van der Waals surface area contributed by atoms with Crippen molar-refractivity contribution in [3.8, 4) is 0 Å². The average molecular weight is 448 g/mol. The van der Waals surface area contributed by atoms with E-state index in [2.05, 4.69) is 15.8 Å². The van der Waals surface area contributed by atoms with Crippen LogP contribution in [0.4, 0.5) is 29.3 Å². The van der Waals surface area contributed by atoms with Gasteiger partial charge in [0.2, 0.25) is 11.1 Å². The van der Waals surface area contributed by atoms with Gasteiger partial charge < -0.3 is 14.6 Å². The van der Waals surface area contributed by atoms with Crippen LogP contribution in [0.25, 0.3) is 0 Å². The van der Waals surface area contributed by atoms with Gasteiger partial charge in [-0.1, -0.05) is 5.16 Å². The predicted octanol–water partition coefficient (Wildman–Crippen LogP) is 5.57. The van der Waals surface area contributed by atoms with Crippen molar-refractivity contribution >= 4 is 35.0 Å². The first kappa shape index (κ1) is 23.5. The van der Waals surface area contributed by atoms with E-state index in [-0.39, 0.29) is 29.4 Å². The smallest absolute Gasteiger partial charge is 0.416 e. The third-order valence-electron chi connectivity index (χ3n) is 3.80. The van der Waals surface area contributed by atoms with Gasteiger partial charge in [0.1, 0.15) is 5.60 Å². The van der Waals surface area contributed by atoms with E-state index < -0.39 is 29.3 Å². The van der Waals surface area contributed by atoms with E-state index in [1.807, 2.05) is 0 Å². The van der Waals surface area contributed by atoms with Crippen molar-refractivity contribution in [2.24, 2.45) is 0 Å². The molecule has 0 aliphatic carbocycles. The number of rotatable bonds is 5. The number of amides is 2. The summed E-state index contributed by atoms with van der Waals surface area (Å²) in [4.78, 5) is 24.3. The van der Waals surface area contributed by atoms with Crippen LogP contribution >= 0.6 is 11.6 Å². The molecule has 1 aromatic carbocycles. The number of nitrogens with one attached hydrogen (secondary N) is 2. The number of hydrogen-bond acceptors (Lipinski definition) is 5. The van der Waals surface area contributed by atoms with Gasteiger partial charge in [-0.3, -0.25) is 10.1 Å². The van der Waals surface area contributed by atoms with E-state index in [9.17, 15) is 22.8 Å². The van der Waals surface area contributed by atoms with Crippen molar-refractivity contribution in [3.05, 3.63) is 40.2 Å². The third kappa shape index (κ3) is 6.65. The van der Waals surface area contributed by atoms with Crippen LogP contribution in [0.3, 0.4) is 0 Å². The molecular formula is C19H21ClF3N3O4. The van der Waals surface area contributed by atoms with Crippen LogP contribution in [0.15, 0.2) is 22.7 Å². The highest BCUT2D eigenvalue weighted by molar-refractivity contribution is 6.29. The zero-order valence-electron chi connectivity index (χ0n) is 16.7. The Kier molecular flexibility index (Phi) is 7.02. The Balaban J connectivity index is 2.19. The number of nitrogens with zero attached hydrogens (tertiary/aromatic N) is 1. The fraction of sp³-hybridized carbons (Fsp3) is 0.421. The number of carbonyl (C=O) groups is 2. The van der Waals surface area contributed by atoms with Crippen molar-refractivity contribution < 1.29 is 32.0 Å². The summed E-state index contributed by atoms with van der Waals surface area (Å²) < 4.78 is 49.2. The lowest BCUT2D eigenvalue weighted by Crippen LogP contribution is -2.27. The lowest BCUT2D eigenvalue weighted by molar-refractivity contribution is -0.137. The molecule has 11 heteroatoms. The number of alkyl halides is 3. The highest BCUT2D eigenvalue weighted by Gasteiger charge is 2.31. The van der Waals surface area contributed by atoms with Gasteiger partial charge in [-0.05, 0) is 63.9 Å². The second kappa shape index (κ2) is 8.95. The molecule has 1 aromatic heterocycles. The van der Waals surface area contributed by atoms with Crippen molar-refractivity contribution in [3.63, 3.8) is 0 Å². The summed E-state index contributed by atoms with van der Waals surface area (Å²) in [5.74, 6) is -0.585. The third-order valence-corrected chi connectivity index (χ3v) is 4.09. The number of aryl methyl sites for hydroxylation is 1. The number of halogens is 4. The zero-order chi connectivity index (χ0) is 22.7. The number of carbonyl (C=O) groups excluding carboxylic acids is 2. The Labute approximate surface area is 175 Å². The van der Waals surface area contributed by atoms with Gasteiger partial charge in [0.05, 0.1) is 22.6 Å². The molecule has 2 rings (SSSR count). The van der Waals surface area contributed by atoms with Gasteiger partial charge in [0.15, 0.2) is 0 Å². The Morgan fingerprint density at radius 2 is 1.83 bits per heavy atom. The first-order chi connectivity index (χ1) is 13.8. The Hall–Kier alpha value is -2.75. The molecule has 0 bridgehead atoms. The van der Waals surface area contributed by atoms with Crippen molar-refractivity contribution in [2.75, 3.05) is 10.6 Å². The Bertz CT molecular complexity index is 917. The van der Waals surface area contributed by atoms with Gasteiger partial charge in [-0.15, -0.1) is 0 Å². The number of hydrogen-bond donors (Lipinski definition) is 2. The number of ether oxygens (including phenoxy) is 1. The van der Waals surface area contributed by atoms with E-state index in [4.69, 9.17) is 20.9 Å². The summed E-state index contributed by atoms with van der Waals surface area (Å²) in [5.41, 5.74) is -0.999. The largest absolute Gasteiger partial charge is 0.444 e. The lowest BCUT2D eigenvalue weighted by atomic mass is 10.1. The molecule has 0 fully saturated rings. The van der Waals surface area contributed by atoms with Crippen LogP contribution in [0.2, 0.25) is 5.22 Å². The van der Waals surface area contributed by atoms with Gasteiger partial charge in [-0.2, -0.15) is 13.2 Å². The highest BCUT2D eigenvalue weighted by Crippen LogP contribution is 2.34. The van der Waals surface area contributed by atoms with Gasteiger partial charge in [0.25, 0.3) is 0 Å². The summed E-state index contributed by atoms with van der Waals surface area (Å²) in [7, 11) is 0. The van der Waals surface area contributed by atoms with Gasteiger partial charge in [0, 0.05) is 12.0 Å². The molecule has 30 heavy (non-hydrogen) atoms. The molecule has 2 amide bonds. The lowest BCUT2D eigenvalue weighted by Gasteiger charge is -2.21. The van der Waals surface area contributed by atoms with Crippen molar-refractivity contribution in [2.45, 2.75) is 52.3 Å². The van der Waals surface area contributed by atoms with Crippen LogP contribution in [-0.2, 0) is 22.1 Å². The maximum Gasteiger partial charge on any atom is 0.416 e. The minimum atomic E-state index is -4.63. The summed E-state index contributed by atoms with van der Waals surface area (Å²) >= 11 is 5.85.